The van der Waals surface area contributed by atoms with Gasteiger partial charge >= 0.3 is 5.97 Å². The largest absolute Gasteiger partial charge is 0.497 e. The van der Waals surface area contributed by atoms with Gasteiger partial charge in [-0.05, 0) is 55.7 Å². The Balaban J connectivity index is 2.10. The Morgan fingerprint density at radius 2 is 1.79 bits per heavy atom. The van der Waals surface area contributed by atoms with Crippen LogP contribution in [0.15, 0.2) is 48.0 Å². The number of nitrogens with one attached hydrogen (secondary N) is 1. The molecule has 0 aliphatic carbocycles. The zero-order chi connectivity index (χ0) is 20.7. The number of anilines is 1. The third-order valence-electron chi connectivity index (χ3n) is 4.13. The maximum Gasteiger partial charge on any atom is 0.349 e. The molecule has 0 bridgehead atoms. The second-order valence-corrected chi connectivity index (χ2v) is 6.25. The zero-order valence-corrected chi connectivity index (χ0v) is 16.3. The summed E-state index contributed by atoms with van der Waals surface area (Å²) in [6.45, 7) is 5.22. The lowest BCUT2D eigenvalue weighted by Crippen LogP contribution is -2.30. The smallest absolute Gasteiger partial charge is 0.349 e. The summed E-state index contributed by atoms with van der Waals surface area (Å²) in [6, 6.07) is 14.4. The quantitative estimate of drug-likeness (QED) is 0.469. The molecule has 6 nitrogen and oxygen atoms in total. The highest BCUT2D eigenvalue weighted by Gasteiger charge is 2.21. The van der Waals surface area contributed by atoms with Crippen molar-refractivity contribution in [2.24, 2.45) is 0 Å². The van der Waals surface area contributed by atoms with Gasteiger partial charge in [0.05, 0.1) is 7.11 Å². The maximum absolute atomic E-state index is 12.4. The van der Waals surface area contributed by atoms with Crippen LogP contribution in [0.3, 0.4) is 0 Å². The van der Waals surface area contributed by atoms with E-state index in [0.29, 0.717) is 17.0 Å². The van der Waals surface area contributed by atoms with Crippen molar-refractivity contribution in [3.63, 3.8) is 0 Å². The number of benzene rings is 2. The number of esters is 1. The SMILES string of the molecule is COc1cccc(/C=C(\C#N)C(=O)O[C@H](C)C(=O)Nc2c(C)cccc2C)c1. The van der Waals surface area contributed by atoms with Crippen molar-refractivity contribution in [1.82, 2.24) is 0 Å². The molecule has 0 spiro atoms. The van der Waals surface area contributed by atoms with Crippen LogP contribution in [0.1, 0.15) is 23.6 Å². The molecule has 6 heteroatoms. The van der Waals surface area contributed by atoms with Crippen LogP contribution in [0.4, 0.5) is 5.69 Å². The van der Waals surface area contributed by atoms with Gasteiger partial charge in [0.2, 0.25) is 0 Å². The summed E-state index contributed by atoms with van der Waals surface area (Å²) in [5.41, 5.74) is 2.90. The number of nitriles is 1. The number of para-hydroxylation sites is 1. The van der Waals surface area contributed by atoms with Crippen LogP contribution in [0.25, 0.3) is 6.08 Å². The minimum Gasteiger partial charge on any atom is -0.497 e. The van der Waals surface area contributed by atoms with Crippen LogP contribution >= 0.6 is 0 Å². The topological polar surface area (TPSA) is 88.4 Å². The van der Waals surface area contributed by atoms with Gasteiger partial charge in [0.25, 0.3) is 5.91 Å². The molecular formula is C22H22N2O4. The van der Waals surface area contributed by atoms with Crippen molar-refractivity contribution < 1.29 is 19.1 Å². The van der Waals surface area contributed by atoms with Gasteiger partial charge < -0.3 is 14.8 Å². The number of rotatable bonds is 6. The first-order valence-electron chi connectivity index (χ1n) is 8.69. The number of aryl methyl sites for hydroxylation is 2. The number of hydrogen-bond acceptors (Lipinski definition) is 5. The molecule has 0 aliphatic heterocycles. The third-order valence-corrected chi connectivity index (χ3v) is 4.13. The first-order valence-corrected chi connectivity index (χ1v) is 8.69. The van der Waals surface area contributed by atoms with Crippen molar-refractivity contribution in [2.45, 2.75) is 26.9 Å². The highest BCUT2D eigenvalue weighted by molar-refractivity contribution is 6.01. The molecule has 28 heavy (non-hydrogen) atoms. The Hall–Kier alpha value is -3.59. The molecule has 0 saturated heterocycles. The molecule has 0 aromatic heterocycles. The predicted molar refractivity (Wildman–Crippen MR) is 107 cm³/mol. The highest BCUT2D eigenvalue weighted by atomic mass is 16.5. The van der Waals surface area contributed by atoms with Crippen LogP contribution in [-0.2, 0) is 14.3 Å². The van der Waals surface area contributed by atoms with Crippen molar-refractivity contribution in [3.05, 3.63) is 64.7 Å². The Bertz CT molecular complexity index is 937. The molecule has 2 rings (SSSR count). The summed E-state index contributed by atoms with van der Waals surface area (Å²) in [6.07, 6.45) is 0.328. The molecule has 0 unspecified atom stereocenters. The first-order chi connectivity index (χ1) is 13.3. The molecule has 0 fully saturated rings. The van der Waals surface area contributed by atoms with Crippen molar-refractivity contribution >= 4 is 23.6 Å². The van der Waals surface area contributed by atoms with Crippen LogP contribution in [0, 0.1) is 25.2 Å². The molecule has 1 atom stereocenters. The molecule has 0 aliphatic rings. The average molecular weight is 378 g/mol. The molecule has 1 N–H and O–H groups in total. The fourth-order valence-electron chi connectivity index (χ4n) is 2.55. The molecule has 144 valence electrons. The third kappa shape index (κ3) is 5.21. The molecule has 0 heterocycles. The Kier molecular flexibility index (Phi) is 6.94. The molecule has 1 amide bonds. The molecule has 2 aromatic rings. The number of hydrogen-bond donors (Lipinski definition) is 1. The van der Waals surface area contributed by atoms with E-state index in [-0.39, 0.29) is 5.57 Å². The van der Waals surface area contributed by atoms with E-state index < -0.39 is 18.0 Å². The number of carbonyl (C=O) groups excluding carboxylic acids is 2. The van der Waals surface area contributed by atoms with Gasteiger partial charge in [0.15, 0.2) is 6.10 Å². The second kappa shape index (κ2) is 9.38. The van der Waals surface area contributed by atoms with Gasteiger partial charge in [-0.15, -0.1) is 0 Å². The monoisotopic (exact) mass is 378 g/mol. The minimum absolute atomic E-state index is 0.208. The first kappa shape index (κ1) is 20.7. The summed E-state index contributed by atoms with van der Waals surface area (Å²) in [7, 11) is 1.53. The number of nitrogens with zero attached hydrogens (tertiary/aromatic N) is 1. The Morgan fingerprint density at radius 1 is 1.14 bits per heavy atom. The minimum atomic E-state index is -1.06. The summed E-state index contributed by atoms with van der Waals surface area (Å²) >= 11 is 0. The van der Waals surface area contributed by atoms with E-state index in [4.69, 9.17) is 9.47 Å². The summed E-state index contributed by atoms with van der Waals surface area (Å²) in [4.78, 5) is 24.7. The summed E-state index contributed by atoms with van der Waals surface area (Å²) < 4.78 is 10.3. The molecule has 0 saturated carbocycles. The van der Waals surface area contributed by atoms with Crippen LogP contribution < -0.4 is 10.1 Å². The normalized spacial score (nSPS) is 11.9. The summed E-state index contributed by atoms with van der Waals surface area (Å²) in [5.74, 6) is -0.736. The van der Waals surface area contributed by atoms with E-state index >= 15 is 0 Å². The molecule has 2 aromatic carbocycles. The maximum atomic E-state index is 12.4. The predicted octanol–water partition coefficient (Wildman–Crippen LogP) is 3.79. The van der Waals surface area contributed by atoms with Gasteiger partial charge in [0, 0.05) is 5.69 Å². The van der Waals surface area contributed by atoms with Crippen LogP contribution in [0.5, 0.6) is 5.75 Å². The van der Waals surface area contributed by atoms with Gasteiger partial charge in [-0.2, -0.15) is 5.26 Å². The van der Waals surface area contributed by atoms with Crippen molar-refractivity contribution in [1.29, 1.82) is 5.26 Å². The van der Waals surface area contributed by atoms with E-state index in [1.54, 1.807) is 24.3 Å². The number of ether oxygens (including phenoxy) is 2. The van der Waals surface area contributed by atoms with E-state index in [0.717, 1.165) is 11.1 Å². The fourth-order valence-corrected chi connectivity index (χ4v) is 2.55. The van der Waals surface area contributed by atoms with Crippen LogP contribution in [0.2, 0.25) is 0 Å². The number of carbonyl (C=O) groups is 2. The van der Waals surface area contributed by atoms with Crippen molar-refractivity contribution in [3.8, 4) is 11.8 Å². The molecule has 0 radical (unpaired) electrons. The average Bonchev–Trinajstić information content (AvgIpc) is 2.68. The van der Waals surface area contributed by atoms with E-state index in [9.17, 15) is 14.9 Å². The van der Waals surface area contributed by atoms with Gasteiger partial charge in [-0.25, -0.2) is 4.79 Å². The second-order valence-electron chi connectivity index (χ2n) is 6.25. The summed E-state index contributed by atoms with van der Waals surface area (Å²) in [5, 5.41) is 12.1. The van der Waals surface area contributed by atoms with E-state index in [1.807, 2.05) is 38.1 Å². The number of amides is 1. The fraction of sp³-hybridized carbons (Fsp3) is 0.227. The molecular weight excluding hydrogens is 356 g/mol. The van der Waals surface area contributed by atoms with Gasteiger partial charge in [-0.3, -0.25) is 4.79 Å². The lowest BCUT2D eigenvalue weighted by molar-refractivity contribution is -0.148. The van der Waals surface area contributed by atoms with Crippen molar-refractivity contribution in [2.75, 3.05) is 12.4 Å². The van der Waals surface area contributed by atoms with Gasteiger partial charge in [-0.1, -0.05) is 30.3 Å². The van der Waals surface area contributed by atoms with Gasteiger partial charge in [0.1, 0.15) is 17.4 Å². The Morgan fingerprint density at radius 3 is 2.39 bits per heavy atom. The lowest BCUT2D eigenvalue weighted by atomic mass is 10.1. The lowest BCUT2D eigenvalue weighted by Gasteiger charge is -2.16. The van der Waals surface area contributed by atoms with E-state index in [1.165, 1.54) is 20.1 Å². The van der Waals surface area contributed by atoms with Crippen LogP contribution in [-0.4, -0.2) is 25.1 Å². The van der Waals surface area contributed by atoms with E-state index in [2.05, 4.69) is 5.32 Å². The number of methoxy groups -OCH3 is 1. The zero-order valence-electron chi connectivity index (χ0n) is 16.3. The highest BCUT2D eigenvalue weighted by Crippen LogP contribution is 2.20. The Labute approximate surface area is 164 Å². The standard InChI is InChI=1S/C22H22N2O4/c1-14-7-5-8-15(2)20(14)24-21(25)16(3)28-22(26)18(13-23)11-17-9-6-10-19(12-17)27-4/h5-12,16H,1-4H3,(H,24,25)/b18-11+/t16-/m1/s1.